The Morgan fingerprint density at radius 3 is 2.65 bits per heavy atom. The Morgan fingerprint density at radius 2 is 1.94 bits per heavy atom. The molecule has 2 aromatic rings. The van der Waals surface area contributed by atoms with Gasteiger partial charge in [-0.2, -0.15) is 0 Å². The molecule has 2 rings (SSSR count). The maximum Gasteiger partial charge on any atom is 0.0468 e. The maximum atomic E-state index is 5.77. The Balaban J connectivity index is 2.44. The summed E-state index contributed by atoms with van der Waals surface area (Å²) in [4.78, 5) is 6.26. The van der Waals surface area contributed by atoms with Gasteiger partial charge in [-0.05, 0) is 30.2 Å². The zero-order valence-corrected chi connectivity index (χ0v) is 10.2. The number of pyridine rings is 1. The summed E-state index contributed by atoms with van der Waals surface area (Å²) < 4.78 is 0. The number of hydrogen-bond donors (Lipinski definition) is 1. The molecule has 0 unspecified atom stereocenters. The van der Waals surface area contributed by atoms with Crippen LogP contribution in [-0.4, -0.2) is 12.0 Å². The highest BCUT2D eigenvalue weighted by molar-refractivity contribution is 5.67. The number of nitrogens with two attached hydrogens (primary N) is 1. The molecule has 0 radical (unpaired) electrons. The van der Waals surface area contributed by atoms with E-state index < -0.39 is 0 Å². The molecule has 3 nitrogen and oxygen atoms in total. The monoisotopic (exact) mass is 227 g/mol. The Bertz CT molecular complexity index is 508. The van der Waals surface area contributed by atoms with Crippen LogP contribution in [0.1, 0.15) is 11.1 Å². The van der Waals surface area contributed by atoms with Crippen molar-refractivity contribution in [2.75, 3.05) is 11.9 Å². The maximum absolute atomic E-state index is 5.77. The van der Waals surface area contributed by atoms with Crippen molar-refractivity contribution < 1.29 is 0 Å². The number of nitrogens with zero attached hydrogens (tertiary/aromatic N) is 2. The van der Waals surface area contributed by atoms with Crippen LogP contribution in [-0.2, 0) is 6.54 Å². The van der Waals surface area contributed by atoms with Gasteiger partial charge >= 0.3 is 0 Å². The van der Waals surface area contributed by atoms with E-state index in [9.17, 15) is 0 Å². The molecule has 0 fully saturated rings. The molecule has 0 spiro atoms. The van der Waals surface area contributed by atoms with E-state index in [0.717, 1.165) is 22.5 Å². The Labute approximate surface area is 102 Å². The van der Waals surface area contributed by atoms with Gasteiger partial charge in [0.25, 0.3) is 0 Å². The number of anilines is 2. The highest BCUT2D eigenvalue weighted by Gasteiger charge is 2.09. The van der Waals surface area contributed by atoms with Gasteiger partial charge in [-0.15, -0.1) is 0 Å². The number of aromatic nitrogens is 1. The van der Waals surface area contributed by atoms with Crippen molar-refractivity contribution in [3.63, 3.8) is 0 Å². The van der Waals surface area contributed by atoms with Crippen molar-refractivity contribution >= 4 is 11.4 Å². The predicted octanol–water partition coefficient (Wildman–Crippen LogP) is 2.62. The minimum atomic E-state index is 0.546. The molecule has 0 aliphatic carbocycles. The molecule has 0 amide bonds. The van der Waals surface area contributed by atoms with Crippen LogP contribution in [0.15, 0.2) is 42.7 Å². The zero-order valence-electron chi connectivity index (χ0n) is 10.2. The molecule has 0 aliphatic rings. The summed E-state index contributed by atoms with van der Waals surface area (Å²) in [5.74, 6) is 0. The van der Waals surface area contributed by atoms with Gasteiger partial charge in [-0.25, -0.2) is 0 Å². The quantitative estimate of drug-likeness (QED) is 0.876. The van der Waals surface area contributed by atoms with Gasteiger partial charge in [0.15, 0.2) is 0 Å². The van der Waals surface area contributed by atoms with Gasteiger partial charge in [-0.1, -0.05) is 18.2 Å². The molecule has 0 bridgehead atoms. The van der Waals surface area contributed by atoms with Crippen LogP contribution in [0.2, 0.25) is 0 Å². The van der Waals surface area contributed by atoms with Crippen molar-refractivity contribution in [1.82, 2.24) is 4.98 Å². The van der Waals surface area contributed by atoms with Gasteiger partial charge < -0.3 is 10.6 Å². The molecular weight excluding hydrogens is 210 g/mol. The van der Waals surface area contributed by atoms with Crippen LogP contribution < -0.4 is 10.6 Å². The third-order valence-electron chi connectivity index (χ3n) is 2.92. The first-order chi connectivity index (χ1) is 8.24. The minimum absolute atomic E-state index is 0.546. The lowest BCUT2D eigenvalue weighted by atomic mass is 10.1. The summed E-state index contributed by atoms with van der Waals surface area (Å²) in [6.07, 6.45) is 3.68. The van der Waals surface area contributed by atoms with Crippen molar-refractivity contribution in [1.29, 1.82) is 0 Å². The molecule has 1 aromatic heterocycles. The lowest BCUT2D eigenvalue weighted by Gasteiger charge is -2.23. The fourth-order valence-electron chi connectivity index (χ4n) is 1.98. The summed E-state index contributed by atoms with van der Waals surface area (Å²) in [6, 6.07) is 10.2. The van der Waals surface area contributed by atoms with Gasteiger partial charge in [0.1, 0.15) is 0 Å². The molecule has 2 N–H and O–H groups in total. The first kappa shape index (κ1) is 11.6. The Kier molecular flexibility index (Phi) is 3.40. The van der Waals surface area contributed by atoms with Crippen LogP contribution in [0.3, 0.4) is 0 Å². The van der Waals surface area contributed by atoms with Gasteiger partial charge in [0, 0.05) is 37.4 Å². The third kappa shape index (κ3) is 2.29. The predicted molar refractivity (Wildman–Crippen MR) is 71.4 cm³/mol. The molecular formula is C14H17N3. The summed E-state index contributed by atoms with van der Waals surface area (Å²) in [5.41, 5.74) is 10.4. The fraction of sp³-hybridized carbons (Fsp3) is 0.214. The smallest absolute Gasteiger partial charge is 0.0468 e. The van der Waals surface area contributed by atoms with Crippen molar-refractivity contribution in [2.24, 2.45) is 5.73 Å². The van der Waals surface area contributed by atoms with E-state index in [4.69, 9.17) is 5.73 Å². The Morgan fingerprint density at radius 1 is 1.18 bits per heavy atom. The number of aryl methyl sites for hydroxylation is 1. The second kappa shape index (κ2) is 4.97. The van der Waals surface area contributed by atoms with E-state index in [1.165, 1.54) is 0 Å². The standard InChI is InChI=1S/C14H17N3/c1-11-10-16-8-7-13(11)17(2)14-6-4-3-5-12(14)9-15/h3-8,10H,9,15H2,1-2H3. The van der Waals surface area contributed by atoms with Gasteiger partial charge in [0.2, 0.25) is 0 Å². The average Bonchev–Trinajstić information content (AvgIpc) is 2.38. The second-order valence-electron chi connectivity index (χ2n) is 4.05. The number of hydrogen-bond acceptors (Lipinski definition) is 3. The average molecular weight is 227 g/mol. The number of para-hydroxylation sites is 1. The van der Waals surface area contributed by atoms with Crippen molar-refractivity contribution in [3.8, 4) is 0 Å². The topological polar surface area (TPSA) is 42.2 Å². The van der Waals surface area contributed by atoms with Crippen molar-refractivity contribution in [2.45, 2.75) is 13.5 Å². The second-order valence-corrected chi connectivity index (χ2v) is 4.05. The zero-order chi connectivity index (χ0) is 12.3. The van der Waals surface area contributed by atoms with E-state index in [1.54, 1.807) is 0 Å². The Hall–Kier alpha value is -1.87. The lowest BCUT2D eigenvalue weighted by Crippen LogP contribution is -2.14. The summed E-state index contributed by atoms with van der Waals surface area (Å²) >= 11 is 0. The first-order valence-electron chi connectivity index (χ1n) is 5.66. The van der Waals surface area contributed by atoms with E-state index in [0.29, 0.717) is 6.54 Å². The fourth-order valence-corrected chi connectivity index (χ4v) is 1.98. The summed E-state index contributed by atoms with van der Waals surface area (Å²) in [7, 11) is 2.05. The molecule has 0 aliphatic heterocycles. The molecule has 17 heavy (non-hydrogen) atoms. The molecule has 88 valence electrons. The van der Waals surface area contributed by atoms with Crippen molar-refractivity contribution in [3.05, 3.63) is 53.9 Å². The SMILES string of the molecule is Cc1cnccc1N(C)c1ccccc1CN. The summed E-state index contributed by atoms with van der Waals surface area (Å²) in [6.45, 7) is 2.61. The van der Waals surface area contributed by atoms with Crippen LogP contribution in [0.25, 0.3) is 0 Å². The van der Waals surface area contributed by atoms with Crippen LogP contribution in [0, 0.1) is 6.92 Å². The third-order valence-corrected chi connectivity index (χ3v) is 2.92. The van der Waals surface area contributed by atoms with E-state index >= 15 is 0 Å². The van der Waals surface area contributed by atoms with Crippen LogP contribution >= 0.6 is 0 Å². The van der Waals surface area contributed by atoms with Crippen LogP contribution in [0.4, 0.5) is 11.4 Å². The lowest BCUT2D eigenvalue weighted by molar-refractivity contribution is 1.04. The van der Waals surface area contributed by atoms with E-state index in [1.807, 2.05) is 30.6 Å². The van der Waals surface area contributed by atoms with Gasteiger partial charge in [0.05, 0.1) is 0 Å². The number of rotatable bonds is 3. The first-order valence-corrected chi connectivity index (χ1v) is 5.66. The number of benzene rings is 1. The molecule has 1 aromatic carbocycles. The van der Waals surface area contributed by atoms with E-state index in [-0.39, 0.29) is 0 Å². The molecule has 1 heterocycles. The van der Waals surface area contributed by atoms with E-state index in [2.05, 4.69) is 36.0 Å². The normalized spacial score (nSPS) is 10.3. The van der Waals surface area contributed by atoms with Crippen LogP contribution in [0.5, 0.6) is 0 Å². The van der Waals surface area contributed by atoms with Gasteiger partial charge in [-0.3, -0.25) is 4.98 Å². The molecule has 0 saturated heterocycles. The summed E-state index contributed by atoms with van der Waals surface area (Å²) in [5, 5.41) is 0. The minimum Gasteiger partial charge on any atom is -0.344 e. The largest absolute Gasteiger partial charge is 0.344 e. The molecule has 3 heteroatoms. The molecule has 0 saturated carbocycles. The highest BCUT2D eigenvalue weighted by Crippen LogP contribution is 2.28. The molecule has 0 atom stereocenters. The highest BCUT2D eigenvalue weighted by atomic mass is 15.1.